The van der Waals surface area contributed by atoms with Gasteiger partial charge in [-0.1, -0.05) is 19.3 Å². The second kappa shape index (κ2) is 12.4. The second-order valence-corrected chi connectivity index (χ2v) is 12.3. The number of nitrogens with one attached hydrogen (secondary N) is 1. The number of carbonyl (C=O) groups is 1. The summed E-state index contributed by atoms with van der Waals surface area (Å²) in [7, 11) is 1.59. The zero-order valence-electron chi connectivity index (χ0n) is 24.7. The van der Waals surface area contributed by atoms with E-state index in [1.165, 1.54) is 19.3 Å². The SMILES string of the molecule is COc1ccc(-c2ccc3nc(NCC4CCN(C(=O)OC(C)(C)C)CC4)c(=O)n(CC4CCCCC4)c3n2)cn1. The molecule has 1 aliphatic heterocycles. The number of anilines is 1. The highest BCUT2D eigenvalue weighted by molar-refractivity contribution is 5.76. The van der Waals surface area contributed by atoms with E-state index in [1.54, 1.807) is 24.3 Å². The molecule has 10 heteroatoms. The summed E-state index contributed by atoms with van der Waals surface area (Å²) in [5.74, 6) is 1.69. The summed E-state index contributed by atoms with van der Waals surface area (Å²) in [5.41, 5.74) is 2.24. The average molecular weight is 563 g/mol. The molecule has 0 bridgehead atoms. The van der Waals surface area contributed by atoms with Crippen LogP contribution in [0.5, 0.6) is 5.88 Å². The zero-order chi connectivity index (χ0) is 29.0. The zero-order valence-corrected chi connectivity index (χ0v) is 24.7. The van der Waals surface area contributed by atoms with Gasteiger partial charge >= 0.3 is 6.09 Å². The molecule has 1 N–H and O–H groups in total. The normalized spacial score (nSPS) is 17.0. The van der Waals surface area contributed by atoms with E-state index in [2.05, 4.69) is 10.3 Å². The highest BCUT2D eigenvalue weighted by Crippen LogP contribution is 2.27. The van der Waals surface area contributed by atoms with Gasteiger partial charge in [0.2, 0.25) is 5.88 Å². The maximum absolute atomic E-state index is 13.8. The van der Waals surface area contributed by atoms with Crippen LogP contribution in [-0.4, -0.2) is 62.9 Å². The van der Waals surface area contributed by atoms with Crippen LogP contribution in [0.2, 0.25) is 0 Å². The molecule has 0 spiro atoms. The Hall–Kier alpha value is -3.69. The largest absolute Gasteiger partial charge is 0.481 e. The van der Waals surface area contributed by atoms with Crippen LogP contribution in [0.3, 0.4) is 0 Å². The number of hydrogen-bond donors (Lipinski definition) is 1. The number of fused-ring (bicyclic) bond motifs is 1. The van der Waals surface area contributed by atoms with Gasteiger partial charge in [0.15, 0.2) is 11.5 Å². The third kappa shape index (κ3) is 7.15. The molecule has 2 fully saturated rings. The van der Waals surface area contributed by atoms with Gasteiger partial charge in [-0.15, -0.1) is 0 Å². The predicted octanol–water partition coefficient (Wildman–Crippen LogP) is 5.50. The number of nitrogens with zero attached hydrogens (tertiary/aromatic N) is 5. The van der Waals surface area contributed by atoms with Gasteiger partial charge in [-0.3, -0.25) is 9.36 Å². The van der Waals surface area contributed by atoms with Crippen molar-refractivity contribution in [3.8, 4) is 17.1 Å². The van der Waals surface area contributed by atoms with Crippen molar-refractivity contribution in [3.63, 3.8) is 0 Å². The van der Waals surface area contributed by atoms with Crippen molar-refractivity contribution < 1.29 is 14.3 Å². The first kappa shape index (κ1) is 28.8. The van der Waals surface area contributed by atoms with E-state index >= 15 is 0 Å². The molecule has 1 amide bonds. The van der Waals surface area contributed by atoms with Crippen molar-refractivity contribution in [3.05, 3.63) is 40.8 Å². The topological polar surface area (TPSA) is 111 Å². The molecule has 4 heterocycles. The Morgan fingerprint density at radius 1 is 1.00 bits per heavy atom. The second-order valence-electron chi connectivity index (χ2n) is 12.3. The quantitative estimate of drug-likeness (QED) is 0.402. The number of amides is 1. The molecule has 0 radical (unpaired) electrons. The minimum absolute atomic E-state index is 0.133. The predicted molar refractivity (Wildman–Crippen MR) is 159 cm³/mol. The van der Waals surface area contributed by atoms with Gasteiger partial charge in [0.1, 0.15) is 11.1 Å². The fourth-order valence-electron chi connectivity index (χ4n) is 5.73. The number of likely N-dealkylation sites (tertiary alicyclic amines) is 1. The number of aromatic nitrogens is 4. The maximum Gasteiger partial charge on any atom is 0.410 e. The molecule has 10 nitrogen and oxygen atoms in total. The van der Waals surface area contributed by atoms with E-state index < -0.39 is 5.60 Å². The van der Waals surface area contributed by atoms with Gasteiger partial charge in [-0.05, 0) is 76.5 Å². The first-order chi connectivity index (χ1) is 19.7. The van der Waals surface area contributed by atoms with Crippen LogP contribution in [0.4, 0.5) is 10.6 Å². The number of hydrogen-bond acceptors (Lipinski definition) is 8. The molecule has 0 unspecified atom stereocenters. The number of rotatable bonds is 7. The fourth-order valence-corrected chi connectivity index (χ4v) is 5.73. The van der Waals surface area contributed by atoms with E-state index in [9.17, 15) is 9.59 Å². The molecule has 3 aromatic rings. The van der Waals surface area contributed by atoms with Crippen molar-refractivity contribution in [2.24, 2.45) is 11.8 Å². The minimum atomic E-state index is -0.504. The summed E-state index contributed by atoms with van der Waals surface area (Å²) in [5, 5.41) is 3.36. The van der Waals surface area contributed by atoms with Crippen molar-refractivity contribution in [1.29, 1.82) is 0 Å². The molecular formula is C31H42N6O4. The van der Waals surface area contributed by atoms with Crippen LogP contribution >= 0.6 is 0 Å². The molecule has 1 saturated carbocycles. The smallest absolute Gasteiger partial charge is 0.410 e. The highest BCUT2D eigenvalue weighted by Gasteiger charge is 2.27. The number of ether oxygens (including phenoxy) is 2. The number of piperidine rings is 1. The molecule has 0 aromatic carbocycles. The van der Waals surface area contributed by atoms with Crippen LogP contribution < -0.4 is 15.6 Å². The van der Waals surface area contributed by atoms with Crippen LogP contribution in [0.15, 0.2) is 35.3 Å². The van der Waals surface area contributed by atoms with Crippen LogP contribution in [-0.2, 0) is 11.3 Å². The first-order valence-corrected chi connectivity index (χ1v) is 14.8. The van der Waals surface area contributed by atoms with Gasteiger partial charge in [-0.25, -0.2) is 19.7 Å². The summed E-state index contributed by atoms with van der Waals surface area (Å²) < 4.78 is 12.5. The Labute approximate surface area is 241 Å². The van der Waals surface area contributed by atoms with Crippen molar-refractivity contribution in [2.45, 2.75) is 77.9 Å². The number of carbonyl (C=O) groups excluding carboxylic acids is 1. The third-order valence-electron chi connectivity index (χ3n) is 8.02. The lowest BCUT2D eigenvalue weighted by atomic mass is 9.89. The maximum atomic E-state index is 13.8. The Balaban J connectivity index is 1.35. The van der Waals surface area contributed by atoms with Gasteiger partial charge in [0.05, 0.1) is 12.8 Å². The van der Waals surface area contributed by atoms with E-state index in [-0.39, 0.29) is 11.7 Å². The van der Waals surface area contributed by atoms with E-state index in [1.807, 2.05) is 43.5 Å². The van der Waals surface area contributed by atoms with Crippen molar-refractivity contribution >= 4 is 23.1 Å². The first-order valence-electron chi connectivity index (χ1n) is 14.8. The Morgan fingerprint density at radius 3 is 2.41 bits per heavy atom. The average Bonchev–Trinajstić information content (AvgIpc) is 2.97. The summed E-state index contributed by atoms with van der Waals surface area (Å²) in [6.45, 7) is 8.19. The van der Waals surface area contributed by atoms with Gasteiger partial charge in [-0.2, -0.15) is 0 Å². The molecule has 220 valence electrons. The summed E-state index contributed by atoms with van der Waals surface area (Å²) in [4.78, 5) is 42.0. The van der Waals surface area contributed by atoms with E-state index in [0.29, 0.717) is 60.9 Å². The molecule has 2 aliphatic rings. The molecule has 1 aliphatic carbocycles. The lowest BCUT2D eigenvalue weighted by Crippen LogP contribution is -2.42. The fraction of sp³-hybridized carbons (Fsp3) is 0.581. The van der Waals surface area contributed by atoms with Crippen LogP contribution in [0.1, 0.15) is 65.7 Å². The Kier molecular flexibility index (Phi) is 8.75. The third-order valence-corrected chi connectivity index (χ3v) is 8.02. The van der Waals surface area contributed by atoms with E-state index in [4.69, 9.17) is 19.4 Å². The molecule has 3 aromatic heterocycles. The molecule has 1 saturated heterocycles. The Bertz CT molecular complexity index is 1400. The summed E-state index contributed by atoms with van der Waals surface area (Å²) >= 11 is 0. The van der Waals surface area contributed by atoms with Crippen molar-refractivity contribution in [2.75, 3.05) is 32.1 Å². The summed E-state index contributed by atoms with van der Waals surface area (Å²) in [6.07, 6.45) is 9.06. The molecule has 0 atom stereocenters. The monoisotopic (exact) mass is 562 g/mol. The Morgan fingerprint density at radius 2 is 1.76 bits per heavy atom. The van der Waals surface area contributed by atoms with Gasteiger partial charge < -0.3 is 19.7 Å². The van der Waals surface area contributed by atoms with Gasteiger partial charge in [0.25, 0.3) is 5.56 Å². The highest BCUT2D eigenvalue weighted by atomic mass is 16.6. The van der Waals surface area contributed by atoms with Gasteiger partial charge in [0, 0.05) is 44.0 Å². The van der Waals surface area contributed by atoms with Crippen LogP contribution in [0.25, 0.3) is 22.4 Å². The van der Waals surface area contributed by atoms with E-state index in [0.717, 1.165) is 36.9 Å². The van der Waals surface area contributed by atoms with Crippen LogP contribution in [0, 0.1) is 11.8 Å². The molecule has 41 heavy (non-hydrogen) atoms. The standard InChI is InChI=1S/C31H42N6O4/c1-31(2,3)41-30(39)36-16-14-21(15-17-36)18-33-27-29(38)37(20-22-8-6-5-7-9-22)28-25(34-27)12-11-24(35-28)23-10-13-26(40-4)32-19-23/h10-13,19,21-22H,5-9,14-18,20H2,1-4H3,(H,33,34). The number of pyridine rings is 2. The van der Waals surface area contributed by atoms with Crippen molar-refractivity contribution in [1.82, 2.24) is 24.4 Å². The lowest BCUT2D eigenvalue weighted by Gasteiger charge is -2.33. The summed E-state index contributed by atoms with van der Waals surface area (Å²) in [6, 6.07) is 7.58. The molecular weight excluding hydrogens is 520 g/mol. The number of methoxy groups -OCH3 is 1. The lowest BCUT2D eigenvalue weighted by molar-refractivity contribution is 0.0188. The molecule has 5 rings (SSSR count). The minimum Gasteiger partial charge on any atom is -0.481 e.